The van der Waals surface area contributed by atoms with Crippen LogP contribution in [0.4, 0.5) is 0 Å². The van der Waals surface area contributed by atoms with Gasteiger partial charge in [-0.25, -0.2) is 0 Å². The summed E-state index contributed by atoms with van der Waals surface area (Å²) in [7, 11) is 0. The van der Waals surface area contributed by atoms with E-state index in [-0.39, 0.29) is 11.9 Å². The summed E-state index contributed by atoms with van der Waals surface area (Å²) in [6.07, 6.45) is 2.54. The molecule has 0 radical (unpaired) electrons. The number of halogens is 1. The summed E-state index contributed by atoms with van der Waals surface area (Å²) in [5.74, 6) is 0.833. The first-order valence-corrected chi connectivity index (χ1v) is 8.27. The van der Waals surface area contributed by atoms with Crippen molar-refractivity contribution in [3.8, 4) is 5.75 Å². The summed E-state index contributed by atoms with van der Waals surface area (Å²) in [6.45, 7) is 5.57. The molecule has 21 heavy (non-hydrogen) atoms. The minimum Gasteiger partial charge on any atom is -0.492 e. The third-order valence-electron chi connectivity index (χ3n) is 3.78. The second kappa shape index (κ2) is 7.80. The number of nitrogens with one attached hydrogen (secondary N) is 2. The van der Waals surface area contributed by atoms with Crippen LogP contribution in [0.25, 0.3) is 0 Å². The fourth-order valence-corrected chi connectivity index (χ4v) is 3.10. The Balaban J connectivity index is 1.73. The number of rotatable bonds is 5. The summed E-state index contributed by atoms with van der Waals surface area (Å²) in [5.41, 5.74) is 1.17. The van der Waals surface area contributed by atoms with Gasteiger partial charge in [0.2, 0.25) is 5.91 Å². The van der Waals surface area contributed by atoms with Gasteiger partial charge < -0.3 is 15.4 Å². The molecule has 1 fully saturated rings. The van der Waals surface area contributed by atoms with Crippen molar-refractivity contribution < 1.29 is 9.53 Å². The molecule has 2 N–H and O–H groups in total. The molecular weight excluding hydrogens is 332 g/mol. The molecule has 0 bridgehead atoms. The van der Waals surface area contributed by atoms with E-state index >= 15 is 0 Å². The van der Waals surface area contributed by atoms with Crippen LogP contribution >= 0.6 is 15.9 Å². The molecule has 1 aromatic rings. The summed E-state index contributed by atoms with van der Waals surface area (Å²) < 4.78 is 6.58. The lowest BCUT2D eigenvalue weighted by Gasteiger charge is -2.30. The summed E-state index contributed by atoms with van der Waals surface area (Å²) in [4.78, 5) is 12.0. The first kappa shape index (κ1) is 16.3. The third-order valence-corrected chi connectivity index (χ3v) is 4.40. The Labute approximate surface area is 134 Å². The highest BCUT2D eigenvalue weighted by atomic mass is 79.9. The Morgan fingerprint density at radius 1 is 1.52 bits per heavy atom. The van der Waals surface area contributed by atoms with Gasteiger partial charge in [-0.15, -0.1) is 0 Å². The molecule has 2 atom stereocenters. The molecule has 0 aliphatic carbocycles. The highest BCUT2D eigenvalue weighted by molar-refractivity contribution is 9.10. The third kappa shape index (κ3) is 5.00. The van der Waals surface area contributed by atoms with Gasteiger partial charge in [-0.05, 0) is 66.9 Å². The average molecular weight is 355 g/mol. The Bertz CT molecular complexity index is 493. The van der Waals surface area contributed by atoms with Crippen molar-refractivity contribution in [1.82, 2.24) is 10.6 Å². The van der Waals surface area contributed by atoms with Gasteiger partial charge in [0.1, 0.15) is 5.75 Å². The molecule has 5 heteroatoms. The van der Waals surface area contributed by atoms with E-state index in [1.807, 2.05) is 25.1 Å². The van der Waals surface area contributed by atoms with Gasteiger partial charge in [0.25, 0.3) is 0 Å². The summed E-state index contributed by atoms with van der Waals surface area (Å²) in [5, 5.41) is 6.47. The number of carbonyl (C=O) groups is 1. The molecule has 116 valence electrons. The van der Waals surface area contributed by atoms with E-state index in [9.17, 15) is 4.79 Å². The molecule has 4 nitrogen and oxygen atoms in total. The molecule has 1 aliphatic heterocycles. The number of carbonyl (C=O) groups excluding carboxylic acids is 1. The average Bonchev–Trinajstić information content (AvgIpc) is 2.44. The van der Waals surface area contributed by atoms with E-state index < -0.39 is 0 Å². The van der Waals surface area contributed by atoms with Crippen LogP contribution in [0.1, 0.15) is 31.7 Å². The number of ether oxygens (including phenoxy) is 1. The van der Waals surface area contributed by atoms with Crippen LogP contribution in [0.5, 0.6) is 5.75 Å². The minimum atomic E-state index is 0.0544. The predicted molar refractivity (Wildman–Crippen MR) is 87.6 cm³/mol. The first-order chi connectivity index (χ1) is 10.1. The van der Waals surface area contributed by atoms with E-state index in [4.69, 9.17) is 4.74 Å². The SMILES string of the molecule is Cc1ccc(OCCC(=O)NC2CCCNC2C)c(Br)c1. The fraction of sp³-hybridized carbons (Fsp3) is 0.562. The molecular formula is C16H23BrN2O2. The monoisotopic (exact) mass is 354 g/mol. The van der Waals surface area contributed by atoms with Crippen molar-refractivity contribution in [1.29, 1.82) is 0 Å². The van der Waals surface area contributed by atoms with Crippen LogP contribution in [0.3, 0.4) is 0 Å². The number of aryl methyl sites for hydroxylation is 1. The molecule has 0 saturated carbocycles. The molecule has 0 spiro atoms. The molecule has 2 rings (SSSR count). The standard InChI is InChI=1S/C16H23BrN2O2/c1-11-5-6-15(13(17)10-11)21-9-7-16(20)19-14-4-3-8-18-12(14)2/h5-6,10,12,14,18H,3-4,7-9H2,1-2H3,(H,19,20). The predicted octanol–water partition coefficient (Wildman–Crippen LogP) is 2.78. The molecule has 1 amide bonds. The van der Waals surface area contributed by atoms with E-state index in [0.29, 0.717) is 19.1 Å². The smallest absolute Gasteiger partial charge is 0.223 e. The number of piperidine rings is 1. The number of hydrogen-bond donors (Lipinski definition) is 2. The van der Waals surface area contributed by atoms with E-state index in [1.165, 1.54) is 5.56 Å². The van der Waals surface area contributed by atoms with Crippen molar-refractivity contribution in [2.24, 2.45) is 0 Å². The summed E-state index contributed by atoms with van der Waals surface area (Å²) >= 11 is 3.47. The quantitative estimate of drug-likeness (QED) is 0.854. The zero-order valence-corrected chi connectivity index (χ0v) is 14.2. The summed E-state index contributed by atoms with van der Waals surface area (Å²) in [6, 6.07) is 6.50. The molecule has 2 unspecified atom stereocenters. The number of benzene rings is 1. The van der Waals surface area contributed by atoms with Gasteiger partial charge in [0.05, 0.1) is 17.5 Å². The van der Waals surface area contributed by atoms with Crippen LogP contribution in [-0.4, -0.2) is 31.1 Å². The van der Waals surface area contributed by atoms with Crippen molar-refractivity contribution in [2.45, 2.75) is 45.2 Å². The van der Waals surface area contributed by atoms with Crippen LogP contribution in [0, 0.1) is 6.92 Å². The zero-order chi connectivity index (χ0) is 15.2. The lowest BCUT2D eigenvalue weighted by molar-refractivity contribution is -0.122. The van der Waals surface area contributed by atoms with Gasteiger partial charge in [-0.2, -0.15) is 0 Å². The maximum atomic E-state index is 12.0. The number of hydrogen-bond acceptors (Lipinski definition) is 3. The highest BCUT2D eigenvalue weighted by Gasteiger charge is 2.22. The Morgan fingerprint density at radius 2 is 2.33 bits per heavy atom. The van der Waals surface area contributed by atoms with Crippen LogP contribution in [0.2, 0.25) is 0 Å². The lowest BCUT2D eigenvalue weighted by Crippen LogP contribution is -2.52. The van der Waals surface area contributed by atoms with E-state index in [2.05, 4.69) is 33.5 Å². The van der Waals surface area contributed by atoms with E-state index in [0.717, 1.165) is 29.6 Å². The molecule has 1 saturated heterocycles. The highest BCUT2D eigenvalue weighted by Crippen LogP contribution is 2.25. The molecule has 1 aliphatic rings. The number of amides is 1. The largest absolute Gasteiger partial charge is 0.492 e. The van der Waals surface area contributed by atoms with Gasteiger partial charge in [-0.3, -0.25) is 4.79 Å². The lowest BCUT2D eigenvalue weighted by atomic mass is 10.00. The normalized spacial score (nSPS) is 21.9. The van der Waals surface area contributed by atoms with Crippen molar-refractivity contribution in [3.05, 3.63) is 28.2 Å². The van der Waals surface area contributed by atoms with Gasteiger partial charge in [0.15, 0.2) is 0 Å². The molecule has 1 aromatic carbocycles. The minimum absolute atomic E-state index is 0.0544. The van der Waals surface area contributed by atoms with Gasteiger partial charge in [0, 0.05) is 12.1 Å². The second-order valence-corrected chi connectivity index (χ2v) is 6.45. The van der Waals surface area contributed by atoms with Crippen molar-refractivity contribution in [3.63, 3.8) is 0 Å². The second-order valence-electron chi connectivity index (χ2n) is 5.59. The zero-order valence-electron chi connectivity index (χ0n) is 12.6. The van der Waals surface area contributed by atoms with Crippen molar-refractivity contribution >= 4 is 21.8 Å². The van der Waals surface area contributed by atoms with Crippen LogP contribution < -0.4 is 15.4 Å². The van der Waals surface area contributed by atoms with Crippen LogP contribution in [-0.2, 0) is 4.79 Å². The Morgan fingerprint density at radius 3 is 3.05 bits per heavy atom. The van der Waals surface area contributed by atoms with E-state index in [1.54, 1.807) is 0 Å². The fourth-order valence-electron chi connectivity index (χ4n) is 2.50. The van der Waals surface area contributed by atoms with Gasteiger partial charge in [-0.1, -0.05) is 6.07 Å². The molecule has 0 aromatic heterocycles. The molecule has 1 heterocycles. The Hall–Kier alpha value is -1.07. The Kier molecular flexibility index (Phi) is 6.06. The first-order valence-electron chi connectivity index (χ1n) is 7.48. The van der Waals surface area contributed by atoms with Crippen LogP contribution in [0.15, 0.2) is 22.7 Å². The maximum absolute atomic E-state index is 12.0. The topological polar surface area (TPSA) is 50.4 Å². The van der Waals surface area contributed by atoms with Crippen molar-refractivity contribution in [2.75, 3.05) is 13.2 Å². The van der Waals surface area contributed by atoms with Gasteiger partial charge >= 0.3 is 0 Å². The maximum Gasteiger partial charge on any atom is 0.223 e.